The first-order valence-corrected chi connectivity index (χ1v) is 8.56. The minimum absolute atomic E-state index is 0.0231. The first-order chi connectivity index (χ1) is 11.2. The van der Waals surface area contributed by atoms with Crippen LogP contribution in [0.3, 0.4) is 0 Å². The van der Waals surface area contributed by atoms with Crippen molar-refractivity contribution in [3.05, 3.63) is 47.1 Å². The standard InChI is InChI=1S/C15H18FN3O4S/c1-10-15(11(2)23-18-10)24(21,22)19(3)9-14(20)17-8-12-6-4-5-7-13(12)16/h4-7H,8-9H2,1-3H3,(H,17,20). The molecule has 0 unspecified atom stereocenters. The molecule has 0 bridgehead atoms. The van der Waals surface area contributed by atoms with Crippen LogP contribution in [0, 0.1) is 19.7 Å². The van der Waals surface area contributed by atoms with Crippen LogP contribution in [0.2, 0.25) is 0 Å². The summed E-state index contributed by atoms with van der Waals surface area (Å²) in [6.45, 7) is 2.57. The number of benzene rings is 1. The number of sulfonamides is 1. The van der Waals surface area contributed by atoms with Gasteiger partial charge >= 0.3 is 0 Å². The van der Waals surface area contributed by atoms with Crippen molar-refractivity contribution in [2.24, 2.45) is 0 Å². The Labute approximate surface area is 139 Å². The van der Waals surface area contributed by atoms with Crippen molar-refractivity contribution in [1.82, 2.24) is 14.8 Å². The Kier molecular flexibility index (Phi) is 5.35. The second-order valence-electron chi connectivity index (χ2n) is 5.28. The van der Waals surface area contributed by atoms with Gasteiger partial charge in [-0.1, -0.05) is 23.4 Å². The molecule has 1 amide bonds. The number of amides is 1. The Hall–Kier alpha value is -2.26. The lowest BCUT2D eigenvalue weighted by atomic mass is 10.2. The summed E-state index contributed by atoms with van der Waals surface area (Å²) >= 11 is 0. The van der Waals surface area contributed by atoms with Crippen molar-refractivity contribution in [3.63, 3.8) is 0 Å². The Morgan fingerprint density at radius 3 is 2.58 bits per heavy atom. The number of rotatable bonds is 6. The van der Waals surface area contributed by atoms with Gasteiger partial charge in [0.25, 0.3) is 0 Å². The van der Waals surface area contributed by atoms with Crippen LogP contribution in [0.15, 0.2) is 33.7 Å². The zero-order valence-corrected chi connectivity index (χ0v) is 14.4. The lowest BCUT2D eigenvalue weighted by Gasteiger charge is -2.16. The van der Waals surface area contributed by atoms with Crippen LogP contribution in [-0.2, 0) is 21.4 Å². The van der Waals surface area contributed by atoms with Crippen molar-refractivity contribution in [1.29, 1.82) is 0 Å². The number of hydrogen-bond donors (Lipinski definition) is 1. The first kappa shape index (κ1) is 18.1. The van der Waals surface area contributed by atoms with Crippen LogP contribution >= 0.6 is 0 Å². The van der Waals surface area contributed by atoms with Gasteiger partial charge in [0, 0.05) is 19.2 Å². The van der Waals surface area contributed by atoms with E-state index in [2.05, 4.69) is 10.5 Å². The lowest BCUT2D eigenvalue weighted by molar-refractivity contribution is -0.121. The number of hydrogen-bond acceptors (Lipinski definition) is 5. The summed E-state index contributed by atoms with van der Waals surface area (Å²) in [5.74, 6) is -0.822. The average Bonchev–Trinajstić information content (AvgIpc) is 2.86. The largest absolute Gasteiger partial charge is 0.360 e. The molecule has 1 aromatic heterocycles. The molecule has 0 saturated heterocycles. The molecule has 0 atom stereocenters. The van der Waals surface area contributed by atoms with Gasteiger partial charge in [-0.15, -0.1) is 0 Å². The second kappa shape index (κ2) is 7.10. The van der Waals surface area contributed by atoms with Gasteiger partial charge in [0.1, 0.15) is 16.4 Å². The highest BCUT2D eigenvalue weighted by Gasteiger charge is 2.29. The highest BCUT2D eigenvalue weighted by molar-refractivity contribution is 7.89. The molecule has 9 heteroatoms. The van der Waals surface area contributed by atoms with Gasteiger partial charge in [0.05, 0.1) is 6.54 Å². The molecule has 0 aliphatic carbocycles. The van der Waals surface area contributed by atoms with E-state index >= 15 is 0 Å². The summed E-state index contributed by atoms with van der Waals surface area (Å²) in [4.78, 5) is 11.9. The van der Waals surface area contributed by atoms with Gasteiger partial charge in [-0.2, -0.15) is 4.31 Å². The molecule has 2 rings (SSSR count). The minimum Gasteiger partial charge on any atom is -0.360 e. The molecule has 0 aliphatic rings. The van der Waals surface area contributed by atoms with Gasteiger partial charge in [-0.25, -0.2) is 12.8 Å². The van der Waals surface area contributed by atoms with Crippen molar-refractivity contribution in [2.75, 3.05) is 13.6 Å². The zero-order valence-electron chi connectivity index (χ0n) is 13.5. The molecule has 24 heavy (non-hydrogen) atoms. The summed E-state index contributed by atoms with van der Waals surface area (Å²) in [7, 11) is -2.62. The number of likely N-dealkylation sites (N-methyl/N-ethyl adjacent to an activating group) is 1. The van der Waals surface area contributed by atoms with E-state index in [-0.39, 0.29) is 22.9 Å². The third-order valence-electron chi connectivity index (χ3n) is 3.44. The van der Waals surface area contributed by atoms with E-state index in [1.54, 1.807) is 18.2 Å². The Morgan fingerprint density at radius 1 is 1.33 bits per heavy atom. The van der Waals surface area contributed by atoms with E-state index in [0.29, 0.717) is 5.56 Å². The summed E-state index contributed by atoms with van der Waals surface area (Å²) in [5.41, 5.74) is 0.549. The quantitative estimate of drug-likeness (QED) is 0.845. The van der Waals surface area contributed by atoms with Gasteiger partial charge in [-0.05, 0) is 19.9 Å². The van der Waals surface area contributed by atoms with Crippen LogP contribution in [0.25, 0.3) is 0 Å². The third kappa shape index (κ3) is 3.80. The third-order valence-corrected chi connectivity index (χ3v) is 5.48. The number of carbonyl (C=O) groups excluding carboxylic acids is 1. The number of carbonyl (C=O) groups is 1. The van der Waals surface area contributed by atoms with Crippen LogP contribution in [0.4, 0.5) is 4.39 Å². The SMILES string of the molecule is Cc1noc(C)c1S(=O)(=O)N(C)CC(=O)NCc1ccccc1F. The topological polar surface area (TPSA) is 92.5 Å². The van der Waals surface area contributed by atoms with E-state index < -0.39 is 28.3 Å². The fraction of sp³-hybridized carbons (Fsp3) is 0.333. The number of aryl methyl sites for hydroxylation is 2. The smallest absolute Gasteiger partial charge is 0.248 e. The predicted octanol–water partition coefficient (Wildman–Crippen LogP) is 1.37. The number of aromatic nitrogens is 1. The maximum Gasteiger partial charge on any atom is 0.248 e. The molecule has 2 aromatic rings. The minimum atomic E-state index is -3.90. The Balaban J connectivity index is 2.02. The Morgan fingerprint density at radius 2 is 2.00 bits per heavy atom. The van der Waals surface area contributed by atoms with Gasteiger partial charge in [0.2, 0.25) is 15.9 Å². The molecule has 1 N–H and O–H groups in total. The van der Waals surface area contributed by atoms with Crippen LogP contribution in [-0.4, -0.2) is 37.4 Å². The molecule has 130 valence electrons. The van der Waals surface area contributed by atoms with Crippen LogP contribution in [0.5, 0.6) is 0 Å². The van der Waals surface area contributed by atoms with Crippen molar-refractivity contribution in [3.8, 4) is 0 Å². The summed E-state index contributed by atoms with van der Waals surface area (Å²) in [6, 6.07) is 6.03. The molecule has 0 fully saturated rings. The van der Waals surface area contributed by atoms with Crippen LogP contribution < -0.4 is 5.32 Å². The molecule has 1 heterocycles. The monoisotopic (exact) mass is 355 g/mol. The number of halogens is 1. The normalized spacial score (nSPS) is 11.7. The molecular weight excluding hydrogens is 337 g/mol. The van der Waals surface area contributed by atoms with Gasteiger partial charge < -0.3 is 9.84 Å². The molecule has 0 spiro atoms. The van der Waals surface area contributed by atoms with Crippen molar-refractivity contribution >= 4 is 15.9 Å². The lowest BCUT2D eigenvalue weighted by Crippen LogP contribution is -2.38. The molecule has 1 aromatic carbocycles. The van der Waals surface area contributed by atoms with Gasteiger partial charge in [0.15, 0.2) is 5.76 Å². The Bertz CT molecular complexity index is 829. The van der Waals surface area contributed by atoms with E-state index in [0.717, 1.165) is 4.31 Å². The maximum atomic E-state index is 13.5. The van der Waals surface area contributed by atoms with Crippen molar-refractivity contribution in [2.45, 2.75) is 25.3 Å². The van der Waals surface area contributed by atoms with E-state index in [9.17, 15) is 17.6 Å². The molecule has 0 saturated carbocycles. The first-order valence-electron chi connectivity index (χ1n) is 7.12. The number of nitrogens with one attached hydrogen (secondary N) is 1. The fourth-order valence-electron chi connectivity index (χ4n) is 2.18. The predicted molar refractivity (Wildman–Crippen MR) is 84.0 cm³/mol. The molecule has 7 nitrogen and oxygen atoms in total. The second-order valence-corrected chi connectivity index (χ2v) is 7.26. The summed E-state index contributed by atoms with van der Waals surface area (Å²) < 4.78 is 44.2. The average molecular weight is 355 g/mol. The highest BCUT2D eigenvalue weighted by atomic mass is 32.2. The molecule has 0 radical (unpaired) electrons. The van der Waals surface area contributed by atoms with E-state index in [1.165, 1.54) is 27.0 Å². The summed E-state index contributed by atoms with van der Waals surface area (Å²) in [6.07, 6.45) is 0. The van der Waals surface area contributed by atoms with Crippen LogP contribution in [0.1, 0.15) is 17.0 Å². The maximum absolute atomic E-state index is 13.5. The highest BCUT2D eigenvalue weighted by Crippen LogP contribution is 2.22. The number of nitrogens with zero attached hydrogens (tertiary/aromatic N) is 2. The van der Waals surface area contributed by atoms with Gasteiger partial charge in [-0.3, -0.25) is 4.79 Å². The molecule has 0 aliphatic heterocycles. The molecular formula is C15H18FN3O4S. The summed E-state index contributed by atoms with van der Waals surface area (Å²) in [5, 5.41) is 6.10. The fourth-order valence-corrected chi connectivity index (χ4v) is 3.59. The van der Waals surface area contributed by atoms with Crippen molar-refractivity contribution < 1.29 is 22.1 Å². The van der Waals surface area contributed by atoms with E-state index in [1.807, 2.05) is 0 Å². The van der Waals surface area contributed by atoms with E-state index in [4.69, 9.17) is 4.52 Å². The zero-order chi connectivity index (χ0) is 17.9.